The average molecular weight is 744 g/mol. The molecule has 2 N–H and O–H groups in total. The van der Waals surface area contributed by atoms with Gasteiger partial charge in [0.1, 0.15) is 6.04 Å². The van der Waals surface area contributed by atoms with Gasteiger partial charge in [0.25, 0.3) is 5.91 Å². The molecule has 1 aromatic rings. The van der Waals surface area contributed by atoms with Crippen LogP contribution in [0.4, 0.5) is 5.69 Å². The summed E-state index contributed by atoms with van der Waals surface area (Å²) in [7, 11) is 0. The number of rotatable bonds is 15. The lowest BCUT2D eigenvalue weighted by atomic mass is 9.87. The Kier molecular flexibility index (Phi) is 14.3. The van der Waals surface area contributed by atoms with Gasteiger partial charge in [0.05, 0.1) is 6.26 Å². The number of carbonyl (C=O) groups is 3. The van der Waals surface area contributed by atoms with Crippen molar-refractivity contribution in [1.29, 1.82) is 0 Å². The lowest BCUT2D eigenvalue weighted by Crippen LogP contribution is -2.52. The molecule has 0 aliphatic carbocycles. The predicted octanol–water partition coefficient (Wildman–Crippen LogP) is 7.20. The first kappa shape index (κ1) is 40.8. The zero-order chi connectivity index (χ0) is 39.5. The minimum absolute atomic E-state index is 0.227. The molecule has 0 bridgehead atoms. The number of piperidine rings is 2. The highest BCUT2D eigenvalue weighted by Gasteiger charge is 2.40. The minimum Gasteiger partial charge on any atom is -0.516 e. The molecule has 290 valence electrons. The molecule has 0 saturated carbocycles. The molecule has 4 fully saturated rings. The van der Waals surface area contributed by atoms with Crippen molar-refractivity contribution in [3.8, 4) is 0 Å². The molecule has 9 heteroatoms. The molecule has 0 spiro atoms. The summed E-state index contributed by atoms with van der Waals surface area (Å²) in [4.78, 5) is 45.8. The van der Waals surface area contributed by atoms with Crippen LogP contribution in [0, 0.1) is 5.92 Å². The summed E-state index contributed by atoms with van der Waals surface area (Å²) in [5.41, 5.74) is 8.46. The number of likely N-dealkylation sites (tertiary alicyclic amines) is 1. The molecule has 5 rings (SSSR count). The Hall–Kier alpha value is -5.41. The fourth-order valence-corrected chi connectivity index (χ4v) is 8.12. The molecule has 0 aromatic heterocycles. The lowest BCUT2D eigenvalue weighted by Gasteiger charge is -2.38. The SMILES string of the molecule is C=C/C=C(C=C)/C(CC)=C(/C(C=C)=C/C=C/O)c1ccc(N2CCC(CCN3CCN(C(=C)/C=C4/CN(C5CCC(=O)NC5=O)C(=O)C4=C)CC3)CC2)cc1. The van der Waals surface area contributed by atoms with E-state index in [1.807, 2.05) is 30.4 Å². The number of hydrogen-bond acceptors (Lipinski definition) is 7. The molecule has 1 unspecified atom stereocenters. The Labute approximate surface area is 327 Å². The third-order valence-electron chi connectivity index (χ3n) is 11.3. The summed E-state index contributed by atoms with van der Waals surface area (Å²) in [5, 5.41) is 11.7. The maximum Gasteiger partial charge on any atom is 0.254 e. The fraction of sp³-hybridized carbons (Fsp3) is 0.370. The normalized spacial score (nSPS) is 22.0. The average Bonchev–Trinajstić information content (AvgIpc) is 3.47. The van der Waals surface area contributed by atoms with Gasteiger partial charge < -0.3 is 19.8 Å². The van der Waals surface area contributed by atoms with Crippen molar-refractivity contribution >= 4 is 29.0 Å². The van der Waals surface area contributed by atoms with Crippen LogP contribution in [0.1, 0.15) is 51.0 Å². The number of nitrogens with one attached hydrogen (secondary N) is 1. The first-order valence-electron chi connectivity index (χ1n) is 19.5. The molecule has 4 saturated heterocycles. The topological polar surface area (TPSA) is 96.4 Å². The molecule has 4 aliphatic rings. The lowest BCUT2D eigenvalue weighted by molar-refractivity contribution is -0.142. The summed E-state index contributed by atoms with van der Waals surface area (Å²) < 4.78 is 0. The van der Waals surface area contributed by atoms with Crippen LogP contribution in [0.2, 0.25) is 0 Å². The summed E-state index contributed by atoms with van der Waals surface area (Å²) in [6.45, 7) is 29.6. The van der Waals surface area contributed by atoms with Crippen molar-refractivity contribution < 1.29 is 19.5 Å². The third kappa shape index (κ3) is 9.83. The van der Waals surface area contributed by atoms with E-state index < -0.39 is 11.9 Å². The van der Waals surface area contributed by atoms with Crippen molar-refractivity contribution in [3.63, 3.8) is 0 Å². The van der Waals surface area contributed by atoms with E-state index in [1.54, 1.807) is 12.2 Å². The van der Waals surface area contributed by atoms with Crippen molar-refractivity contribution in [2.45, 2.75) is 51.5 Å². The first-order chi connectivity index (χ1) is 26.6. The van der Waals surface area contributed by atoms with Gasteiger partial charge in [0.15, 0.2) is 0 Å². The number of anilines is 1. The largest absolute Gasteiger partial charge is 0.516 e. The Bertz CT molecular complexity index is 1830. The molecule has 1 atom stereocenters. The van der Waals surface area contributed by atoms with Crippen LogP contribution in [-0.2, 0) is 14.4 Å². The summed E-state index contributed by atoms with van der Waals surface area (Å²) in [6.07, 6.45) is 18.8. The number of aliphatic hydroxyl groups is 1. The van der Waals surface area contributed by atoms with E-state index in [9.17, 15) is 19.5 Å². The van der Waals surface area contributed by atoms with Gasteiger partial charge >= 0.3 is 0 Å². The first-order valence-corrected chi connectivity index (χ1v) is 19.5. The van der Waals surface area contributed by atoms with Crippen LogP contribution < -0.4 is 10.2 Å². The Morgan fingerprint density at radius 1 is 0.927 bits per heavy atom. The number of hydrogen-bond donors (Lipinski definition) is 2. The molecule has 3 amide bonds. The van der Waals surface area contributed by atoms with Gasteiger partial charge in [-0.1, -0.05) is 82.3 Å². The van der Waals surface area contributed by atoms with Gasteiger partial charge in [-0.3, -0.25) is 24.6 Å². The predicted molar refractivity (Wildman–Crippen MR) is 224 cm³/mol. The van der Waals surface area contributed by atoms with Crippen LogP contribution in [0.25, 0.3) is 5.57 Å². The molecule has 4 heterocycles. The van der Waals surface area contributed by atoms with Gasteiger partial charge in [-0.2, -0.15) is 0 Å². The number of imide groups is 1. The molecule has 1 aromatic carbocycles. The molecule has 55 heavy (non-hydrogen) atoms. The molecule has 0 radical (unpaired) electrons. The number of aliphatic hydroxyl groups excluding tert-OH is 1. The Morgan fingerprint density at radius 3 is 2.22 bits per heavy atom. The maximum absolute atomic E-state index is 12.9. The number of amides is 3. The zero-order valence-electron chi connectivity index (χ0n) is 32.5. The van der Waals surface area contributed by atoms with Gasteiger partial charge in [0, 0.05) is 69.2 Å². The zero-order valence-corrected chi connectivity index (χ0v) is 32.5. The number of benzene rings is 1. The van der Waals surface area contributed by atoms with Crippen molar-refractivity contribution in [3.05, 3.63) is 145 Å². The second-order valence-corrected chi connectivity index (χ2v) is 14.6. The van der Waals surface area contributed by atoms with E-state index in [0.29, 0.717) is 24.5 Å². The number of allylic oxidation sites excluding steroid dienone is 11. The van der Waals surface area contributed by atoms with E-state index in [1.165, 1.54) is 29.8 Å². The summed E-state index contributed by atoms with van der Waals surface area (Å²) >= 11 is 0. The van der Waals surface area contributed by atoms with E-state index in [2.05, 4.69) is 84.1 Å². The number of piperazine rings is 1. The van der Waals surface area contributed by atoms with Gasteiger partial charge in [-0.15, -0.1) is 0 Å². The highest BCUT2D eigenvalue weighted by Crippen LogP contribution is 2.35. The Balaban J connectivity index is 1.11. The van der Waals surface area contributed by atoms with Crippen molar-refractivity contribution in [2.24, 2.45) is 5.92 Å². The van der Waals surface area contributed by atoms with Crippen LogP contribution in [-0.4, -0.2) is 95.9 Å². The molecular weight excluding hydrogens is 687 g/mol. The molecular formula is C46H57N5O4. The molecule has 9 nitrogen and oxygen atoms in total. The third-order valence-corrected chi connectivity index (χ3v) is 11.3. The van der Waals surface area contributed by atoms with Gasteiger partial charge in [-0.25, -0.2) is 0 Å². The van der Waals surface area contributed by atoms with Gasteiger partial charge in [-0.05, 0) is 102 Å². The highest BCUT2D eigenvalue weighted by atomic mass is 16.2. The molecule has 4 aliphatic heterocycles. The van der Waals surface area contributed by atoms with E-state index in [0.717, 1.165) is 97.6 Å². The van der Waals surface area contributed by atoms with E-state index >= 15 is 0 Å². The Morgan fingerprint density at radius 2 is 1.62 bits per heavy atom. The second-order valence-electron chi connectivity index (χ2n) is 14.6. The van der Waals surface area contributed by atoms with Crippen molar-refractivity contribution in [1.82, 2.24) is 20.0 Å². The van der Waals surface area contributed by atoms with Crippen LogP contribution in [0.5, 0.6) is 0 Å². The number of carbonyl (C=O) groups excluding carboxylic acids is 3. The number of nitrogens with zero attached hydrogens (tertiary/aromatic N) is 4. The van der Waals surface area contributed by atoms with E-state index in [-0.39, 0.29) is 18.2 Å². The van der Waals surface area contributed by atoms with Crippen LogP contribution in [0.3, 0.4) is 0 Å². The van der Waals surface area contributed by atoms with E-state index in [4.69, 9.17) is 0 Å². The van der Waals surface area contributed by atoms with Crippen LogP contribution in [0.15, 0.2) is 140 Å². The minimum atomic E-state index is -0.647. The monoisotopic (exact) mass is 743 g/mol. The maximum atomic E-state index is 12.9. The van der Waals surface area contributed by atoms with Crippen LogP contribution >= 0.6 is 0 Å². The van der Waals surface area contributed by atoms with Crippen molar-refractivity contribution in [2.75, 3.05) is 57.3 Å². The summed E-state index contributed by atoms with van der Waals surface area (Å²) in [6, 6.07) is 8.16. The quantitative estimate of drug-likeness (QED) is 0.0850. The standard InChI is InChI=1S/C46H57N5O4/c1-7-12-36(8-2)41(10-4)44(37(9-3)13-11-30-52)38-14-16-40(17-15-38)50-24-21-35(22-25-50)20-23-48-26-28-49(29-27-48)33(5)31-39-32-51(46(55)34(39)6)42-18-19-43(53)47-45(42)54/h7-9,11-17,30-31,35,42,52H,1-3,5-6,10,18-29,32H2,4H3,(H,47,53,54)/b30-11+,36-12+,37-13+,39-31-,44-41-. The van der Waals surface area contributed by atoms with Gasteiger partial charge in [0.2, 0.25) is 11.8 Å². The second kappa shape index (κ2) is 19.3. The fourth-order valence-electron chi connectivity index (χ4n) is 8.12. The highest BCUT2D eigenvalue weighted by molar-refractivity contribution is 6.06. The summed E-state index contributed by atoms with van der Waals surface area (Å²) in [5.74, 6) is -0.274. The smallest absolute Gasteiger partial charge is 0.254 e.